The van der Waals surface area contributed by atoms with Crippen LogP contribution in [0.15, 0.2) is 30.3 Å². The van der Waals surface area contributed by atoms with Crippen LogP contribution in [0.5, 0.6) is 0 Å². The van der Waals surface area contributed by atoms with E-state index in [0.29, 0.717) is 6.42 Å². The minimum absolute atomic E-state index is 0.229. The second-order valence-corrected chi connectivity index (χ2v) is 4.99. The molecule has 1 aromatic carbocycles. The van der Waals surface area contributed by atoms with Crippen LogP contribution in [0.3, 0.4) is 0 Å². The quantitative estimate of drug-likeness (QED) is 0.793. The molecule has 0 aliphatic carbocycles. The van der Waals surface area contributed by atoms with E-state index < -0.39 is 11.7 Å². The molecule has 0 aromatic heterocycles. The van der Waals surface area contributed by atoms with Gasteiger partial charge in [-0.05, 0) is 18.9 Å². The third-order valence-corrected chi connectivity index (χ3v) is 3.01. The van der Waals surface area contributed by atoms with Gasteiger partial charge in [0.25, 0.3) is 5.91 Å². The first-order valence-electron chi connectivity index (χ1n) is 6.58. The van der Waals surface area contributed by atoms with Gasteiger partial charge in [-0.3, -0.25) is 4.79 Å². The van der Waals surface area contributed by atoms with Crippen molar-refractivity contribution >= 4 is 5.91 Å². The number of benzene rings is 1. The fourth-order valence-corrected chi connectivity index (χ4v) is 2.02. The zero-order valence-corrected chi connectivity index (χ0v) is 11.8. The summed E-state index contributed by atoms with van der Waals surface area (Å²) < 4.78 is 5.23. The maximum atomic E-state index is 12.1. The molecule has 0 saturated carbocycles. The van der Waals surface area contributed by atoms with Crippen molar-refractivity contribution in [2.24, 2.45) is 0 Å². The number of carbonyl (C=O) groups excluding carboxylic acids is 1. The zero-order chi connectivity index (χ0) is 14.3. The third kappa shape index (κ3) is 5.01. The molecule has 0 radical (unpaired) electrons. The Morgan fingerprint density at radius 3 is 2.58 bits per heavy atom. The van der Waals surface area contributed by atoms with Crippen LogP contribution in [0, 0.1) is 0 Å². The number of carbonyl (C=O) groups is 1. The normalized spacial score (nSPS) is 15.6. The van der Waals surface area contributed by atoms with Gasteiger partial charge in [0.2, 0.25) is 0 Å². The number of aliphatic hydroxyl groups is 1. The summed E-state index contributed by atoms with van der Waals surface area (Å²) in [6.07, 6.45) is 0.879. The molecule has 2 unspecified atom stereocenters. The summed E-state index contributed by atoms with van der Waals surface area (Å²) in [7, 11) is 1.50. The summed E-state index contributed by atoms with van der Waals surface area (Å²) in [5.74, 6) is -0.231. The molecule has 1 aromatic rings. The van der Waals surface area contributed by atoms with Crippen molar-refractivity contribution in [2.45, 2.75) is 38.4 Å². The molecule has 4 nitrogen and oxygen atoms in total. The molecule has 0 bridgehead atoms. The lowest BCUT2D eigenvalue weighted by molar-refractivity contribution is -0.132. The van der Waals surface area contributed by atoms with Crippen LogP contribution in [-0.4, -0.2) is 30.3 Å². The lowest BCUT2D eigenvalue weighted by Crippen LogP contribution is -2.42. The second-order valence-electron chi connectivity index (χ2n) is 4.99. The highest BCUT2D eigenvalue weighted by atomic mass is 16.5. The maximum Gasteiger partial charge on any atom is 0.253 e. The fourth-order valence-electron chi connectivity index (χ4n) is 2.02. The molecule has 1 amide bonds. The Labute approximate surface area is 114 Å². The number of hydrogen-bond donors (Lipinski definition) is 2. The Morgan fingerprint density at radius 1 is 1.42 bits per heavy atom. The van der Waals surface area contributed by atoms with E-state index in [4.69, 9.17) is 4.74 Å². The van der Waals surface area contributed by atoms with Crippen molar-refractivity contribution < 1.29 is 14.6 Å². The molecule has 2 atom stereocenters. The molecule has 0 heterocycles. The first-order valence-corrected chi connectivity index (χ1v) is 6.58. The summed E-state index contributed by atoms with van der Waals surface area (Å²) in [4.78, 5) is 12.1. The molecule has 0 fully saturated rings. The summed E-state index contributed by atoms with van der Waals surface area (Å²) in [6.45, 7) is 3.95. The summed E-state index contributed by atoms with van der Waals surface area (Å²) in [6, 6.07) is 9.31. The van der Waals surface area contributed by atoms with Crippen molar-refractivity contribution in [3.05, 3.63) is 35.9 Å². The standard InChI is InChI=1S/C15H23NO3/c1-4-10-15(2,18)11-16-14(17)13(19-3)12-8-6-5-7-9-12/h5-9,13,18H,4,10-11H2,1-3H3,(H,16,17). The highest BCUT2D eigenvalue weighted by molar-refractivity contribution is 5.82. The van der Waals surface area contributed by atoms with Crippen molar-refractivity contribution in [1.29, 1.82) is 0 Å². The molecular formula is C15H23NO3. The minimum atomic E-state index is -0.876. The van der Waals surface area contributed by atoms with Gasteiger partial charge in [-0.25, -0.2) is 0 Å². The Hall–Kier alpha value is -1.39. The van der Waals surface area contributed by atoms with Crippen LogP contribution in [0.1, 0.15) is 38.4 Å². The van der Waals surface area contributed by atoms with Gasteiger partial charge in [-0.1, -0.05) is 43.7 Å². The summed E-state index contributed by atoms with van der Waals surface area (Å²) in [5, 5.41) is 12.8. The van der Waals surface area contributed by atoms with Crippen LogP contribution in [-0.2, 0) is 9.53 Å². The molecule has 0 saturated heterocycles. The van der Waals surface area contributed by atoms with Gasteiger partial charge in [0.05, 0.1) is 5.60 Å². The Bertz CT molecular complexity index is 390. The highest BCUT2D eigenvalue weighted by Gasteiger charge is 2.24. The van der Waals surface area contributed by atoms with Crippen molar-refractivity contribution in [3.8, 4) is 0 Å². The molecule has 0 spiro atoms. The van der Waals surface area contributed by atoms with E-state index in [0.717, 1.165) is 12.0 Å². The van der Waals surface area contributed by atoms with Gasteiger partial charge >= 0.3 is 0 Å². The molecule has 1 rings (SSSR count). The van der Waals surface area contributed by atoms with E-state index in [-0.39, 0.29) is 12.5 Å². The first-order chi connectivity index (χ1) is 9.00. The van der Waals surface area contributed by atoms with Gasteiger partial charge < -0.3 is 15.2 Å². The molecule has 4 heteroatoms. The summed E-state index contributed by atoms with van der Waals surface area (Å²) >= 11 is 0. The first kappa shape index (κ1) is 15.7. The van der Waals surface area contributed by atoms with Gasteiger partial charge in [0.1, 0.15) is 0 Å². The highest BCUT2D eigenvalue weighted by Crippen LogP contribution is 2.17. The van der Waals surface area contributed by atoms with E-state index in [1.807, 2.05) is 37.3 Å². The van der Waals surface area contributed by atoms with Crippen LogP contribution in [0.25, 0.3) is 0 Å². The van der Waals surface area contributed by atoms with Gasteiger partial charge in [-0.15, -0.1) is 0 Å². The van der Waals surface area contributed by atoms with E-state index in [9.17, 15) is 9.90 Å². The summed E-state index contributed by atoms with van der Waals surface area (Å²) in [5.41, 5.74) is -0.0722. The van der Waals surface area contributed by atoms with Crippen LogP contribution >= 0.6 is 0 Å². The molecule has 106 valence electrons. The average Bonchev–Trinajstić information content (AvgIpc) is 2.39. The number of nitrogens with one attached hydrogen (secondary N) is 1. The lowest BCUT2D eigenvalue weighted by atomic mass is 10.0. The van der Waals surface area contributed by atoms with Crippen LogP contribution in [0.4, 0.5) is 0 Å². The van der Waals surface area contributed by atoms with Crippen molar-refractivity contribution in [3.63, 3.8) is 0 Å². The van der Waals surface area contributed by atoms with Gasteiger partial charge in [0.15, 0.2) is 6.10 Å². The number of amides is 1. The fraction of sp³-hybridized carbons (Fsp3) is 0.533. The van der Waals surface area contributed by atoms with Crippen LogP contribution in [0.2, 0.25) is 0 Å². The van der Waals surface area contributed by atoms with E-state index >= 15 is 0 Å². The molecule has 0 aliphatic rings. The molecular weight excluding hydrogens is 242 g/mol. The largest absolute Gasteiger partial charge is 0.388 e. The molecule has 0 aliphatic heterocycles. The molecule has 2 N–H and O–H groups in total. The van der Waals surface area contributed by atoms with Crippen LogP contribution < -0.4 is 5.32 Å². The van der Waals surface area contributed by atoms with Crippen molar-refractivity contribution in [2.75, 3.05) is 13.7 Å². The second kappa shape index (κ2) is 7.26. The van der Waals surface area contributed by atoms with Gasteiger partial charge in [-0.2, -0.15) is 0 Å². The minimum Gasteiger partial charge on any atom is -0.388 e. The van der Waals surface area contributed by atoms with E-state index in [1.165, 1.54) is 7.11 Å². The predicted octanol–water partition coefficient (Wildman–Crippen LogP) is 2.04. The van der Waals surface area contributed by atoms with Crippen molar-refractivity contribution in [1.82, 2.24) is 5.32 Å². The maximum absolute atomic E-state index is 12.1. The monoisotopic (exact) mass is 265 g/mol. The Kier molecular flexibility index (Phi) is 5.99. The van der Waals surface area contributed by atoms with Gasteiger partial charge in [0, 0.05) is 13.7 Å². The van der Waals surface area contributed by atoms with E-state index in [1.54, 1.807) is 6.92 Å². The SMILES string of the molecule is CCCC(C)(O)CNC(=O)C(OC)c1ccccc1. The number of rotatable bonds is 7. The zero-order valence-electron chi connectivity index (χ0n) is 11.8. The topological polar surface area (TPSA) is 58.6 Å². The lowest BCUT2D eigenvalue weighted by Gasteiger charge is -2.24. The van der Waals surface area contributed by atoms with E-state index in [2.05, 4.69) is 5.32 Å². The number of methoxy groups -OCH3 is 1. The predicted molar refractivity (Wildman–Crippen MR) is 74.7 cm³/mol. The Morgan fingerprint density at radius 2 is 2.05 bits per heavy atom. The average molecular weight is 265 g/mol. The number of ether oxygens (including phenoxy) is 1. The smallest absolute Gasteiger partial charge is 0.253 e. The third-order valence-electron chi connectivity index (χ3n) is 3.01. The molecule has 19 heavy (non-hydrogen) atoms. The Balaban J connectivity index is 2.61. The number of hydrogen-bond acceptors (Lipinski definition) is 3.